The molecule has 28 heavy (non-hydrogen) atoms. The zero-order chi connectivity index (χ0) is 20.3. The predicted molar refractivity (Wildman–Crippen MR) is 114 cm³/mol. The molecule has 5 nitrogen and oxygen atoms in total. The molecule has 158 valence electrons. The first kappa shape index (κ1) is 22.9. The van der Waals surface area contributed by atoms with Crippen LogP contribution in [0.3, 0.4) is 0 Å². The first-order valence-electron chi connectivity index (χ1n) is 10.7. The number of benzene rings is 1. The van der Waals surface area contributed by atoms with E-state index in [4.69, 9.17) is 4.74 Å². The molecule has 2 aliphatic rings. The molecule has 1 aliphatic heterocycles. The summed E-state index contributed by atoms with van der Waals surface area (Å²) in [4.78, 5) is 13.9. The molecule has 2 N–H and O–H groups in total. The van der Waals surface area contributed by atoms with Crippen molar-refractivity contribution in [2.24, 2.45) is 10.8 Å². The summed E-state index contributed by atoms with van der Waals surface area (Å²) >= 11 is 0. The third-order valence-electron chi connectivity index (χ3n) is 6.25. The van der Waals surface area contributed by atoms with E-state index in [0.29, 0.717) is 0 Å². The first-order chi connectivity index (χ1) is 13.6. The van der Waals surface area contributed by atoms with Crippen LogP contribution in [0.5, 0.6) is 0 Å². The topological polar surface area (TPSA) is 61.8 Å². The van der Waals surface area contributed by atoms with Gasteiger partial charge in [0.1, 0.15) is 0 Å². The van der Waals surface area contributed by atoms with Crippen LogP contribution < -0.4 is 5.32 Å². The van der Waals surface area contributed by atoms with E-state index in [1.807, 2.05) is 36.4 Å². The Hall–Kier alpha value is -1.43. The highest BCUT2D eigenvalue weighted by molar-refractivity contribution is 5.76. The lowest BCUT2D eigenvalue weighted by Crippen LogP contribution is -2.53. The molecule has 2 fully saturated rings. The van der Waals surface area contributed by atoms with E-state index < -0.39 is 11.4 Å². The number of nitrogens with one attached hydrogen (secondary N) is 1. The third-order valence-corrected chi connectivity index (χ3v) is 6.25. The molecule has 1 aromatic carbocycles. The Morgan fingerprint density at radius 2 is 1.64 bits per heavy atom. The van der Waals surface area contributed by atoms with Gasteiger partial charge < -0.3 is 20.1 Å². The van der Waals surface area contributed by atoms with Gasteiger partial charge >= 0.3 is 5.97 Å². The largest absolute Gasteiger partial charge is 0.481 e. The summed E-state index contributed by atoms with van der Waals surface area (Å²) in [6, 6.07) is 12.0. The van der Waals surface area contributed by atoms with Crippen molar-refractivity contribution in [1.29, 1.82) is 0 Å². The van der Waals surface area contributed by atoms with Gasteiger partial charge in [0.2, 0.25) is 0 Å². The molecule has 1 saturated carbocycles. The number of carboxylic acid groups (broad SMARTS) is 1. The Kier molecular flexibility index (Phi) is 9.42. The Balaban J connectivity index is 0.000000397. The Morgan fingerprint density at radius 3 is 2.04 bits per heavy atom. The Bertz CT molecular complexity index is 526. The summed E-state index contributed by atoms with van der Waals surface area (Å²) in [5, 5.41) is 13.0. The van der Waals surface area contributed by atoms with Crippen molar-refractivity contribution >= 4 is 5.97 Å². The molecule has 0 bridgehead atoms. The van der Waals surface area contributed by atoms with Crippen LogP contribution >= 0.6 is 0 Å². The van der Waals surface area contributed by atoms with Crippen LogP contribution in [-0.4, -0.2) is 62.4 Å². The summed E-state index contributed by atoms with van der Waals surface area (Å²) in [6.07, 6.45) is 6.09. The fourth-order valence-corrected chi connectivity index (χ4v) is 4.25. The lowest BCUT2D eigenvalue weighted by atomic mass is 9.68. The minimum absolute atomic E-state index is 0.219. The van der Waals surface area contributed by atoms with Crippen molar-refractivity contribution in [3.63, 3.8) is 0 Å². The van der Waals surface area contributed by atoms with Crippen LogP contribution in [0.2, 0.25) is 0 Å². The highest BCUT2D eigenvalue weighted by Crippen LogP contribution is 2.43. The molecule has 0 spiro atoms. The van der Waals surface area contributed by atoms with Gasteiger partial charge in [-0.2, -0.15) is 0 Å². The third kappa shape index (κ3) is 6.57. The summed E-state index contributed by atoms with van der Waals surface area (Å²) in [7, 11) is 1.78. The molecule has 0 unspecified atom stereocenters. The second-order valence-corrected chi connectivity index (χ2v) is 8.48. The lowest BCUT2D eigenvalue weighted by Gasteiger charge is -2.46. The maximum absolute atomic E-state index is 11.5. The SMILES string of the molecule is CCCNCC1(COC)CCN(CC2(C(=O)O)CCC2)CC1.c1ccccc1. The van der Waals surface area contributed by atoms with E-state index in [0.717, 1.165) is 77.9 Å². The fourth-order valence-electron chi connectivity index (χ4n) is 4.25. The molecule has 0 aromatic heterocycles. The number of ether oxygens (including phenoxy) is 1. The Labute approximate surface area is 170 Å². The van der Waals surface area contributed by atoms with E-state index >= 15 is 0 Å². The van der Waals surface area contributed by atoms with Crippen LogP contribution in [0.4, 0.5) is 0 Å². The number of carbonyl (C=O) groups is 1. The molecule has 5 heteroatoms. The zero-order valence-electron chi connectivity index (χ0n) is 17.7. The Morgan fingerprint density at radius 1 is 1.07 bits per heavy atom. The van der Waals surface area contributed by atoms with Gasteiger partial charge in [0.25, 0.3) is 0 Å². The average Bonchev–Trinajstić information content (AvgIpc) is 2.68. The highest BCUT2D eigenvalue weighted by Gasteiger charge is 2.46. The van der Waals surface area contributed by atoms with Crippen molar-refractivity contribution in [2.75, 3.05) is 46.4 Å². The fraction of sp³-hybridized carbons (Fsp3) is 0.696. The van der Waals surface area contributed by atoms with Crippen LogP contribution in [0.25, 0.3) is 0 Å². The maximum Gasteiger partial charge on any atom is 0.310 e. The number of aliphatic carboxylic acids is 1. The van der Waals surface area contributed by atoms with Crippen molar-refractivity contribution in [3.05, 3.63) is 36.4 Å². The van der Waals surface area contributed by atoms with Gasteiger partial charge in [-0.3, -0.25) is 4.79 Å². The molecule has 0 amide bonds. The second kappa shape index (κ2) is 11.5. The summed E-state index contributed by atoms with van der Waals surface area (Å²) in [5.41, 5.74) is -0.238. The second-order valence-electron chi connectivity index (χ2n) is 8.48. The molecule has 1 saturated heterocycles. The maximum atomic E-state index is 11.5. The molecule has 1 heterocycles. The van der Waals surface area contributed by atoms with Gasteiger partial charge in [0.15, 0.2) is 0 Å². The van der Waals surface area contributed by atoms with E-state index in [-0.39, 0.29) is 5.41 Å². The standard InChI is InChI=1S/C17H32N2O3.C6H6/c1-3-9-18-12-16(14-22-2)7-10-19(11-8-16)13-17(15(20)21)5-4-6-17;1-2-4-6-5-3-1/h18H,3-14H2,1-2H3,(H,20,21);1-6H. The molecular weight excluding hydrogens is 352 g/mol. The van der Waals surface area contributed by atoms with E-state index in [9.17, 15) is 9.90 Å². The summed E-state index contributed by atoms with van der Waals surface area (Å²) < 4.78 is 5.47. The van der Waals surface area contributed by atoms with Gasteiger partial charge in [-0.05, 0) is 51.7 Å². The van der Waals surface area contributed by atoms with E-state index in [1.165, 1.54) is 0 Å². The highest BCUT2D eigenvalue weighted by atomic mass is 16.5. The summed E-state index contributed by atoms with van der Waals surface area (Å²) in [6.45, 7) is 7.75. The molecule has 1 aliphatic carbocycles. The molecule has 0 atom stereocenters. The monoisotopic (exact) mass is 390 g/mol. The smallest absolute Gasteiger partial charge is 0.310 e. The van der Waals surface area contributed by atoms with E-state index in [1.54, 1.807) is 7.11 Å². The van der Waals surface area contributed by atoms with Gasteiger partial charge in [0.05, 0.1) is 12.0 Å². The van der Waals surface area contributed by atoms with Crippen LogP contribution in [0, 0.1) is 10.8 Å². The number of hydrogen-bond donors (Lipinski definition) is 2. The van der Waals surface area contributed by atoms with Crippen LogP contribution in [-0.2, 0) is 9.53 Å². The molecule has 3 rings (SSSR count). The molecule has 1 aromatic rings. The number of nitrogens with zero attached hydrogens (tertiary/aromatic N) is 1. The van der Waals surface area contributed by atoms with Gasteiger partial charge in [-0.25, -0.2) is 0 Å². The minimum Gasteiger partial charge on any atom is -0.481 e. The number of piperidine rings is 1. The summed E-state index contributed by atoms with van der Waals surface area (Å²) in [5.74, 6) is -0.600. The van der Waals surface area contributed by atoms with Crippen LogP contribution in [0.15, 0.2) is 36.4 Å². The van der Waals surface area contributed by atoms with Crippen molar-refractivity contribution in [1.82, 2.24) is 10.2 Å². The van der Waals surface area contributed by atoms with Crippen molar-refractivity contribution < 1.29 is 14.6 Å². The number of carboxylic acids is 1. The van der Waals surface area contributed by atoms with Crippen molar-refractivity contribution in [2.45, 2.75) is 45.4 Å². The number of rotatable bonds is 9. The lowest BCUT2D eigenvalue weighted by molar-refractivity contribution is -0.157. The molecule has 0 radical (unpaired) electrons. The zero-order valence-corrected chi connectivity index (χ0v) is 17.7. The molecular formula is C23H38N2O3. The normalized spacial score (nSPS) is 20.5. The van der Waals surface area contributed by atoms with E-state index in [2.05, 4.69) is 17.1 Å². The van der Waals surface area contributed by atoms with Crippen LogP contribution in [0.1, 0.15) is 45.4 Å². The number of hydrogen-bond acceptors (Lipinski definition) is 4. The van der Waals surface area contributed by atoms with Gasteiger partial charge in [-0.15, -0.1) is 0 Å². The average molecular weight is 391 g/mol. The van der Waals surface area contributed by atoms with Crippen molar-refractivity contribution in [3.8, 4) is 0 Å². The predicted octanol–water partition coefficient (Wildman–Crippen LogP) is 3.66. The van der Waals surface area contributed by atoms with Gasteiger partial charge in [0, 0.05) is 25.6 Å². The quantitative estimate of drug-likeness (QED) is 0.630. The number of likely N-dealkylation sites (tertiary alicyclic amines) is 1. The first-order valence-corrected chi connectivity index (χ1v) is 10.7. The van der Waals surface area contributed by atoms with Gasteiger partial charge in [-0.1, -0.05) is 49.7 Å². The minimum atomic E-state index is -0.600. The number of methoxy groups -OCH3 is 1.